The second kappa shape index (κ2) is 5.52. The number of methoxy groups -OCH3 is 1. The molecule has 0 unspecified atom stereocenters. The van der Waals surface area contributed by atoms with Gasteiger partial charge < -0.3 is 10.1 Å². The van der Waals surface area contributed by atoms with Crippen molar-refractivity contribution in [3.63, 3.8) is 0 Å². The van der Waals surface area contributed by atoms with E-state index in [2.05, 4.69) is 5.32 Å². The van der Waals surface area contributed by atoms with Crippen LogP contribution in [0.15, 0.2) is 23.1 Å². The topological polar surface area (TPSA) is 55.4 Å². The highest BCUT2D eigenvalue weighted by molar-refractivity contribution is 7.91. The molecule has 0 aliphatic rings. The van der Waals surface area contributed by atoms with Gasteiger partial charge in [0.2, 0.25) is 0 Å². The van der Waals surface area contributed by atoms with Crippen molar-refractivity contribution < 1.29 is 13.2 Å². The van der Waals surface area contributed by atoms with Gasteiger partial charge in [-0.2, -0.15) is 0 Å². The van der Waals surface area contributed by atoms with Crippen LogP contribution in [0.2, 0.25) is 5.02 Å². The molecule has 90 valence electrons. The van der Waals surface area contributed by atoms with E-state index in [0.29, 0.717) is 17.3 Å². The van der Waals surface area contributed by atoms with E-state index < -0.39 is 9.84 Å². The van der Waals surface area contributed by atoms with Crippen LogP contribution in [-0.4, -0.2) is 27.9 Å². The summed E-state index contributed by atoms with van der Waals surface area (Å²) in [6.45, 7) is 2.42. The van der Waals surface area contributed by atoms with Crippen LogP contribution in [0.4, 0.5) is 0 Å². The highest BCUT2D eigenvalue weighted by atomic mass is 35.5. The number of ether oxygens (including phenoxy) is 1. The maximum Gasteiger partial charge on any atom is 0.195 e. The molecule has 0 saturated heterocycles. The lowest BCUT2D eigenvalue weighted by molar-refractivity contribution is 0.402. The highest BCUT2D eigenvalue weighted by Gasteiger charge is 2.19. The van der Waals surface area contributed by atoms with E-state index in [0.717, 1.165) is 0 Å². The van der Waals surface area contributed by atoms with E-state index in [1.54, 1.807) is 12.1 Å². The van der Waals surface area contributed by atoms with Crippen LogP contribution in [-0.2, 0) is 9.84 Å². The maximum absolute atomic E-state index is 11.9. The fourth-order valence-corrected chi connectivity index (χ4v) is 2.84. The molecule has 0 radical (unpaired) electrons. The van der Waals surface area contributed by atoms with Gasteiger partial charge in [0.15, 0.2) is 9.84 Å². The Kier molecular flexibility index (Phi) is 4.58. The van der Waals surface area contributed by atoms with Crippen molar-refractivity contribution in [1.82, 2.24) is 5.32 Å². The first-order valence-electron chi connectivity index (χ1n) is 4.78. The zero-order chi connectivity index (χ0) is 12.2. The Balaban J connectivity index is 3.15. The fraction of sp³-hybridized carbons (Fsp3) is 0.400. The van der Waals surface area contributed by atoms with Crippen LogP contribution in [0.3, 0.4) is 0 Å². The summed E-state index contributed by atoms with van der Waals surface area (Å²) < 4.78 is 28.8. The number of sulfone groups is 1. The Bertz CT molecular complexity index is 459. The number of rotatable bonds is 5. The molecule has 0 fully saturated rings. The van der Waals surface area contributed by atoms with Gasteiger partial charge >= 0.3 is 0 Å². The van der Waals surface area contributed by atoms with Gasteiger partial charge in [0.25, 0.3) is 0 Å². The SMILES string of the molecule is CCNCS(=O)(=O)c1cc(Cl)ccc1OC. The summed E-state index contributed by atoms with van der Waals surface area (Å²) in [5.74, 6) is 0.183. The largest absolute Gasteiger partial charge is 0.495 e. The van der Waals surface area contributed by atoms with Crippen molar-refractivity contribution in [2.75, 3.05) is 19.5 Å². The van der Waals surface area contributed by atoms with Crippen molar-refractivity contribution in [3.8, 4) is 5.75 Å². The molecule has 1 rings (SSSR count). The monoisotopic (exact) mass is 263 g/mol. The third-order valence-corrected chi connectivity index (χ3v) is 3.81. The van der Waals surface area contributed by atoms with E-state index in [9.17, 15) is 8.42 Å². The summed E-state index contributed by atoms with van der Waals surface area (Å²) >= 11 is 5.77. The zero-order valence-electron chi connectivity index (χ0n) is 9.16. The van der Waals surface area contributed by atoms with Crippen LogP contribution in [0.1, 0.15) is 6.92 Å². The summed E-state index contributed by atoms with van der Waals surface area (Å²) in [4.78, 5) is 0.114. The third kappa shape index (κ3) is 3.10. The standard InChI is InChI=1S/C10H14ClNO3S/c1-3-12-7-16(13,14)10-6-8(11)4-5-9(10)15-2/h4-6,12H,3,7H2,1-2H3. The first kappa shape index (κ1) is 13.3. The van der Waals surface area contributed by atoms with Gasteiger partial charge in [-0.3, -0.25) is 0 Å². The normalized spacial score (nSPS) is 11.4. The Morgan fingerprint density at radius 2 is 2.12 bits per heavy atom. The number of hydrogen-bond donors (Lipinski definition) is 1. The molecule has 0 aromatic heterocycles. The molecule has 0 atom stereocenters. The van der Waals surface area contributed by atoms with E-state index in [4.69, 9.17) is 16.3 Å². The molecule has 0 aliphatic heterocycles. The quantitative estimate of drug-likeness (QED) is 0.878. The molecule has 0 bridgehead atoms. The molecular weight excluding hydrogens is 250 g/mol. The molecule has 0 spiro atoms. The molecule has 0 saturated carbocycles. The molecule has 4 nitrogen and oxygen atoms in total. The van der Waals surface area contributed by atoms with Crippen molar-refractivity contribution >= 4 is 21.4 Å². The minimum absolute atomic E-state index is 0.114. The predicted molar refractivity (Wildman–Crippen MR) is 63.7 cm³/mol. The van der Waals surface area contributed by atoms with Crippen molar-refractivity contribution in [3.05, 3.63) is 23.2 Å². The molecular formula is C10H14ClNO3S. The summed E-state index contributed by atoms with van der Waals surface area (Å²) in [6, 6.07) is 4.53. The number of benzene rings is 1. The highest BCUT2D eigenvalue weighted by Crippen LogP contribution is 2.27. The molecule has 1 N–H and O–H groups in total. The van der Waals surface area contributed by atoms with Gasteiger partial charge in [-0.15, -0.1) is 0 Å². The average Bonchev–Trinajstić information content (AvgIpc) is 2.26. The van der Waals surface area contributed by atoms with Crippen LogP contribution >= 0.6 is 11.6 Å². The summed E-state index contributed by atoms with van der Waals surface area (Å²) in [5, 5.41) is 3.14. The van der Waals surface area contributed by atoms with Crippen LogP contribution in [0.5, 0.6) is 5.75 Å². The van der Waals surface area contributed by atoms with Crippen molar-refractivity contribution in [2.24, 2.45) is 0 Å². The van der Waals surface area contributed by atoms with Gasteiger partial charge in [-0.25, -0.2) is 8.42 Å². The van der Waals surface area contributed by atoms with Gasteiger partial charge in [-0.1, -0.05) is 18.5 Å². The molecule has 1 aromatic carbocycles. The van der Waals surface area contributed by atoms with Gasteiger partial charge in [-0.05, 0) is 24.7 Å². The van der Waals surface area contributed by atoms with Crippen molar-refractivity contribution in [1.29, 1.82) is 0 Å². The lowest BCUT2D eigenvalue weighted by Crippen LogP contribution is -2.23. The van der Waals surface area contributed by atoms with Crippen molar-refractivity contribution in [2.45, 2.75) is 11.8 Å². The van der Waals surface area contributed by atoms with Crippen LogP contribution < -0.4 is 10.1 Å². The summed E-state index contributed by atoms with van der Waals surface area (Å²) in [7, 11) is -1.98. The minimum atomic E-state index is -3.41. The van der Waals surface area contributed by atoms with Gasteiger partial charge in [0.1, 0.15) is 16.5 Å². The fourth-order valence-electron chi connectivity index (χ4n) is 1.21. The second-order valence-corrected chi connectivity index (χ2v) is 5.55. The van der Waals surface area contributed by atoms with Crippen LogP contribution in [0.25, 0.3) is 0 Å². The molecule has 16 heavy (non-hydrogen) atoms. The Morgan fingerprint density at radius 1 is 1.44 bits per heavy atom. The van der Waals surface area contributed by atoms with E-state index in [-0.39, 0.29) is 10.8 Å². The lowest BCUT2D eigenvalue weighted by Gasteiger charge is -2.10. The Hall–Kier alpha value is -0.780. The van der Waals surface area contributed by atoms with E-state index >= 15 is 0 Å². The molecule has 0 amide bonds. The van der Waals surface area contributed by atoms with E-state index in [1.807, 2.05) is 6.92 Å². The molecule has 1 aromatic rings. The van der Waals surface area contributed by atoms with Gasteiger partial charge in [0.05, 0.1) is 7.11 Å². The first-order chi connectivity index (χ1) is 7.51. The number of hydrogen-bond acceptors (Lipinski definition) is 4. The summed E-state index contributed by atoms with van der Waals surface area (Å²) in [6.07, 6.45) is 0. The predicted octanol–water partition coefficient (Wildman–Crippen LogP) is 1.69. The smallest absolute Gasteiger partial charge is 0.195 e. The second-order valence-electron chi connectivity index (χ2n) is 3.16. The lowest BCUT2D eigenvalue weighted by atomic mass is 10.3. The summed E-state index contributed by atoms with van der Waals surface area (Å²) in [5.41, 5.74) is 0. The number of nitrogens with one attached hydrogen (secondary N) is 1. The zero-order valence-corrected chi connectivity index (χ0v) is 10.7. The van der Waals surface area contributed by atoms with Crippen LogP contribution in [0, 0.1) is 0 Å². The average molecular weight is 264 g/mol. The molecule has 6 heteroatoms. The molecule has 0 heterocycles. The first-order valence-corrected chi connectivity index (χ1v) is 6.81. The Labute approximate surface area is 100 Å². The van der Waals surface area contributed by atoms with E-state index in [1.165, 1.54) is 13.2 Å². The Morgan fingerprint density at radius 3 is 2.69 bits per heavy atom. The maximum atomic E-state index is 11.9. The van der Waals surface area contributed by atoms with Gasteiger partial charge in [0, 0.05) is 5.02 Å². The number of halogens is 1. The third-order valence-electron chi connectivity index (χ3n) is 2.00. The molecule has 0 aliphatic carbocycles. The minimum Gasteiger partial charge on any atom is -0.495 e.